The highest BCUT2D eigenvalue weighted by molar-refractivity contribution is 7.91. The third kappa shape index (κ3) is 2.96. The minimum absolute atomic E-state index is 0.00806. The fourth-order valence-corrected chi connectivity index (χ4v) is 5.14. The lowest BCUT2D eigenvalue weighted by Crippen LogP contribution is -2.37. The number of hydrogen-bond donors (Lipinski definition) is 1. The van der Waals surface area contributed by atoms with E-state index in [-0.39, 0.29) is 23.5 Å². The van der Waals surface area contributed by atoms with Gasteiger partial charge in [0.2, 0.25) is 5.75 Å². The zero-order chi connectivity index (χ0) is 19.1. The Hall–Kier alpha value is -2.42. The van der Waals surface area contributed by atoms with E-state index in [0.717, 1.165) is 0 Å². The van der Waals surface area contributed by atoms with Crippen LogP contribution in [-0.2, 0) is 9.84 Å². The average Bonchev–Trinajstić information content (AvgIpc) is 3.21. The zero-order valence-corrected chi connectivity index (χ0v) is 16.0. The van der Waals surface area contributed by atoms with Crippen LogP contribution in [0.4, 0.5) is 0 Å². The first-order chi connectivity index (χ1) is 12.3. The normalized spacial score (nSPS) is 18.7. The first-order valence-corrected chi connectivity index (χ1v) is 9.92. The van der Waals surface area contributed by atoms with Gasteiger partial charge >= 0.3 is 0 Å². The first kappa shape index (κ1) is 18.4. The van der Waals surface area contributed by atoms with E-state index in [1.165, 1.54) is 26.2 Å². The van der Waals surface area contributed by atoms with Crippen LogP contribution >= 0.6 is 0 Å². The van der Waals surface area contributed by atoms with Crippen LogP contribution in [0.25, 0.3) is 10.9 Å². The molecule has 1 fully saturated rings. The third-order valence-corrected chi connectivity index (χ3v) is 6.53. The van der Waals surface area contributed by atoms with E-state index in [4.69, 9.17) is 14.2 Å². The van der Waals surface area contributed by atoms with Gasteiger partial charge in [0.1, 0.15) is 0 Å². The van der Waals surface area contributed by atoms with Gasteiger partial charge < -0.3 is 24.1 Å². The van der Waals surface area contributed by atoms with Gasteiger partial charge in [0.25, 0.3) is 5.91 Å². The maximum absolute atomic E-state index is 13.0. The monoisotopic (exact) mass is 382 g/mol. The first-order valence-electron chi connectivity index (χ1n) is 8.10. The molecular formula is C17H22N2O6S. The molecule has 26 heavy (non-hydrogen) atoms. The summed E-state index contributed by atoms with van der Waals surface area (Å²) in [6, 6.07) is 1.40. The molecule has 8 nitrogen and oxygen atoms in total. The minimum atomic E-state index is -3.08. The van der Waals surface area contributed by atoms with E-state index >= 15 is 0 Å². The summed E-state index contributed by atoms with van der Waals surface area (Å²) in [7, 11) is 3.05. The number of benzene rings is 1. The van der Waals surface area contributed by atoms with Gasteiger partial charge in [-0.15, -0.1) is 0 Å². The quantitative estimate of drug-likeness (QED) is 0.841. The molecule has 0 saturated carbocycles. The molecule has 1 amide bonds. The minimum Gasteiger partial charge on any atom is -0.493 e. The maximum atomic E-state index is 13.0. The largest absolute Gasteiger partial charge is 0.493 e. The Labute approximate surface area is 151 Å². The molecule has 3 rings (SSSR count). The van der Waals surface area contributed by atoms with Gasteiger partial charge in [-0.05, 0) is 6.42 Å². The average molecular weight is 382 g/mol. The number of sulfone groups is 1. The van der Waals surface area contributed by atoms with Crippen LogP contribution in [0, 0.1) is 0 Å². The summed E-state index contributed by atoms with van der Waals surface area (Å²) in [6.45, 7) is 0. The van der Waals surface area contributed by atoms with E-state index in [1.54, 1.807) is 19.3 Å². The van der Waals surface area contributed by atoms with Crippen molar-refractivity contribution in [3.8, 4) is 17.2 Å². The molecule has 1 saturated heterocycles. The molecule has 0 aliphatic carbocycles. The Morgan fingerprint density at radius 1 is 1.19 bits per heavy atom. The molecule has 9 heteroatoms. The number of nitrogens with one attached hydrogen (secondary N) is 1. The second-order valence-corrected chi connectivity index (χ2v) is 8.47. The summed E-state index contributed by atoms with van der Waals surface area (Å²) in [5, 5.41) is 0.572. The summed E-state index contributed by atoms with van der Waals surface area (Å²) in [4.78, 5) is 17.6. The predicted octanol–water partition coefficient (Wildman–Crippen LogP) is 1.45. The Morgan fingerprint density at radius 3 is 2.42 bits per heavy atom. The van der Waals surface area contributed by atoms with Gasteiger partial charge in [-0.1, -0.05) is 0 Å². The molecule has 142 valence electrons. The Balaban J connectivity index is 2.06. The fraction of sp³-hybridized carbons (Fsp3) is 0.471. The second kappa shape index (κ2) is 6.71. The van der Waals surface area contributed by atoms with Crippen molar-refractivity contribution in [1.82, 2.24) is 9.88 Å². The lowest BCUT2D eigenvalue weighted by atomic mass is 10.1. The molecule has 1 aliphatic heterocycles. The molecule has 1 aromatic heterocycles. The molecule has 2 heterocycles. The van der Waals surface area contributed by atoms with Crippen molar-refractivity contribution in [2.75, 3.05) is 39.9 Å². The van der Waals surface area contributed by atoms with Gasteiger partial charge in [0.05, 0.1) is 49.3 Å². The van der Waals surface area contributed by atoms with Crippen LogP contribution in [0.2, 0.25) is 0 Å². The molecule has 1 aromatic carbocycles. The molecule has 1 aliphatic rings. The summed E-state index contributed by atoms with van der Waals surface area (Å²) in [5.74, 6) is 1.08. The van der Waals surface area contributed by atoms with Gasteiger partial charge in [-0.3, -0.25) is 4.79 Å². The molecule has 1 unspecified atom stereocenters. The molecule has 0 radical (unpaired) electrons. The van der Waals surface area contributed by atoms with Crippen LogP contribution in [-0.4, -0.2) is 70.1 Å². The molecule has 0 bridgehead atoms. The number of rotatable bonds is 5. The van der Waals surface area contributed by atoms with Gasteiger partial charge in [0, 0.05) is 25.4 Å². The van der Waals surface area contributed by atoms with Crippen molar-refractivity contribution in [2.24, 2.45) is 0 Å². The second-order valence-electron chi connectivity index (χ2n) is 6.24. The number of nitrogens with zero attached hydrogens (tertiary/aromatic N) is 1. The van der Waals surface area contributed by atoms with E-state index < -0.39 is 9.84 Å². The highest BCUT2D eigenvalue weighted by Gasteiger charge is 2.34. The maximum Gasteiger partial charge on any atom is 0.256 e. The molecule has 0 spiro atoms. The van der Waals surface area contributed by atoms with Crippen molar-refractivity contribution in [2.45, 2.75) is 12.5 Å². The number of aromatic amines is 1. The van der Waals surface area contributed by atoms with Gasteiger partial charge in [-0.2, -0.15) is 0 Å². The van der Waals surface area contributed by atoms with E-state index in [1.807, 2.05) is 0 Å². The lowest BCUT2D eigenvalue weighted by Gasteiger charge is -2.23. The number of fused-ring (bicyclic) bond motifs is 1. The van der Waals surface area contributed by atoms with Crippen LogP contribution < -0.4 is 14.2 Å². The van der Waals surface area contributed by atoms with Crippen molar-refractivity contribution >= 4 is 26.6 Å². The standard InChI is InChI=1S/C17H22N2O6S/c1-19(10-5-6-26(21,22)9-10)17(20)11-8-18-12-7-13(23-2)15(24-3)16(25-4)14(11)12/h7-8,10,18H,5-6,9H2,1-4H3. The Kier molecular flexibility index (Phi) is 4.74. The predicted molar refractivity (Wildman–Crippen MR) is 97.1 cm³/mol. The van der Waals surface area contributed by atoms with Crippen LogP contribution in [0.3, 0.4) is 0 Å². The number of carbonyl (C=O) groups excluding carboxylic acids is 1. The topological polar surface area (TPSA) is 97.9 Å². The van der Waals surface area contributed by atoms with Crippen molar-refractivity contribution in [1.29, 1.82) is 0 Å². The third-order valence-electron chi connectivity index (χ3n) is 4.78. The van der Waals surface area contributed by atoms with Crippen LogP contribution in [0.1, 0.15) is 16.8 Å². The van der Waals surface area contributed by atoms with Gasteiger partial charge in [0.15, 0.2) is 21.3 Å². The number of H-pyrrole nitrogens is 1. The highest BCUT2D eigenvalue weighted by Crippen LogP contribution is 2.44. The van der Waals surface area contributed by atoms with Crippen molar-refractivity contribution in [3.63, 3.8) is 0 Å². The van der Waals surface area contributed by atoms with Crippen molar-refractivity contribution < 1.29 is 27.4 Å². The zero-order valence-electron chi connectivity index (χ0n) is 15.2. The lowest BCUT2D eigenvalue weighted by molar-refractivity contribution is 0.0749. The van der Waals surface area contributed by atoms with Crippen molar-refractivity contribution in [3.05, 3.63) is 17.8 Å². The molecular weight excluding hydrogens is 360 g/mol. The Bertz CT molecular complexity index is 950. The van der Waals surface area contributed by atoms with E-state index in [2.05, 4.69) is 4.98 Å². The Morgan fingerprint density at radius 2 is 1.88 bits per heavy atom. The number of hydrogen-bond acceptors (Lipinski definition) is 6. The SMILES string of the molecule is COc1cc2[nH]cc(C(=O)N(C)C3CCS(=O)(=O)C3)c2c(OC)c1OC. The fourth-order valence-electron chi connectivity index (χ4n) is 3.36. The van der Waals surface area contributed by atoms with Gasteiger partial charge in [-0.25, -0.2) is 8.42 Å². The molecule has 1 N–H and O–H groups in total. The van der Waals surface area contributed by atoms with E-state index in [0.29, 0.717) is 40.1 Å². The summed E-state index contributed by atoms with van der Waals surface area (Å²) >= 11 is 0. The summed E-state index contributed by atoms with van der Waals surface area (Å²) in [6.07, 6.45) is 2.04. The molecule has 2 aromatic rings. The highest BCUT2D eigenvalue weighted by atomic mass is 32.2. The number of amides is 1. The number of methoxy groups -OCH3 is 3. The van der Waals surface area contributed by atoms with Crippen LogP contribution in [0.5, 0.6) is 17.2 Å². The number of ether oxygens (including phenoxy) is 3. The smallest absolute Gasteiger partial charge is 0.256 e. The number of aromatic nitrogens is 1. The number of carbonyl (C=O) groups is 1. The summed E-state index contributed by atoms with van der Waals surface area (Å²) in [5.41, 5.74) is 1.06. The van der Waals surface area contributed by atoms with E-state index in [9.17, 15) is 13.2 Å². The molecule has 1 atom stereocenters. The van der Waals surface area contributed by atoms with Crippen LogP contribution in [0.15, 0.2) is 12.3 Å². The summed E-state index contributed by atoms with van der Waals surface area (Å²) < 4.78 is 39.7.